The maximum absolute atomic E-state index is 12.4. The summed E-state index contributed by atoms with van der Waals surface area (Å²) < 4.78 is 3.84. The van der Waals surface area contributed by atoms with Crippen molar-refractivity contribution in [2.45, 2.75) is 65.5 Å². The average molecular weight is 330 g/mol. The first-order valence-electron chi connectivity index (χ1n) is 8.75. The van der Waals surface area contributed by atoms with Gasteiger partial charge in [0.1, 0.15) is 5.82 Å². The zero-order chi connectivity index (χ0) is 17.1. The molecular weight excluding hydrogens is 304 g/mol. The van der Waals surface area contributed by atoms with Crippen LogP contribution in [0.3, 0.4) is 0 Å². The Morgan fingerprint density at radius 1 is 1.25 bits per heavy atom. The molecule has 0 aromatic carbocycles. The van der Waals surface area contributed by atoms with Gasteiger partial charge in [0.25, 0.3) is 0 Å². The van der Waals surface area contributed by atoms with Crippen LogP contribution in [0, 0.1) is 13.8 Å². The molecule has 0 aliphatic heterocycles. The summed E-state index contributed by atoms with van der Waals surface area (Å²) in [7, 11) is 0. The molecule has 2 aromatic heterocycles. The minimum absolute atomic E-state index is 0.255. The van der Waals surface area contributed by atoms with Gasteiger partial charge in [-0.3, -0.25) is 10.00 Å². The molecule has 2 amide bonds. The zero-order valence-electron chi connectivity index (χ0n) is 14.7. The first-order chi connectivity index (χ1) is 11.6. The topological polar surface area (TPSA) is 76.8 Å². The second kappa shape index (κ2) is 7.07. The van der Waals surface area contributed by atoms with Crippen LogP contribution in [0.1, 0.15) is 56.5 Å². The molecule has 0 radical (unpaired) electrons. The Labute approximate surface area is 142 Å². The lowest BCUT2D eigenvalue weighted by molar-refractivity contribution is 0.261. The van der Waals surface area contributed by atoms with Gasteiger partial charge >= 0.3 is 6.03 Å². The van der Waals surface area contributed by atoms with Crippen LogP contribution in [0.5, 0.6) is 0 Å². The van der Waals surface area contributed by atoms with E-state index in [0.717, 1.165) is 42.3 Å². The average Bonchev–Trinajstić information content (AvgIpc) is 3.15. The molecule has 0 atom stereocenters. The molecule has 1 aliphatic carbocycles. The van der Waals surface area contributed by atoms with Crippen LogP contribution in [-0.2, 0) is 6.54 Å². The number of anilines is 2. The number of hydrogen-bond donors (Lipinski definition) is 2. The van der Waals surface area contributed by atoms with Crippen LogP contribution in [0.15, 0.2) is 12.3 Å². The summed E-state index contributed by atoms with van der Waals surface area (Å²) >= 11 is 0. The van der Waals surface area contributed by atoms with E-state index in [1.165, 1.54) is 19.3 Å². The zero-order valence-corrected chi connectivity index (χ0v) is 14.7. The smallest absolute Gasteiger partial charge is 0.304 e. The summed E-state index contributed by atoms with van der Waals surface area (Å²) in [6.45, 7) is 6.68. The van der Waals surface area contributed by atoms with Crippen molar-refractivity contribution in [2.75, 3.05) is 10.6 Å². The molecule has 0 unspecified atom stereocenters. The number of aromatic nitrogens is 4. The van der Waals surface area contributed by atoms with Crippen molar-refractivity contribution >= 4 is 17.5 Å². The number of urea groups is 1. The molecule has 2 N–H and O–H groups in total. The number of carbonyl (C=O) groups excluding carboxylic acids is 1. The van der Waals surface area contributed by atoms with E-state index in [9.17, 15) is 4.79 Å². The fraction of sp³-hybridized carbons (Fsp3) is 0.588. The monoisotopic (exact) mass is 330 g/mol. The van der Waals surface area contributed by atoms with E-state index in [1.807, 2.05) is 36.2 Å². The number of rotatable bonds is 4. The predicted molar refractivity (Wildman–Crippen MR) is 94.4 cm³/mol. The van der Waals surface area contributed by atoms with Crippen LogP contribution in [0.4, 0.5) is 16.3 Å². The van der Waals surface area contributed by atoms with Gasteiger partial charge in [0, 0.05) is 12.6 Å². The highest BCUT2D eigenvalue weighted by molar-refractivity contribution is 5.99. The molecule has 7 nitrogen and oxygen atoms in total. The number of aryl methyl sites for hydroxylation is 2. The molecule has 7 heteroatoms. The second-order valence-corrected chi connectivity index (χ2v) is 6.39. The summed E-state index contributed by atoms with van der Waals surface area (Å²) in [6, 6.07) is 1.98. The van der Waals surface area contributed by atoms with Gasteiger partial charge in [-0.2, -0.15) is 10.2 Å². The lowest BCUT2D eigenvalue weighted by Gasteiger charge is -2.23. The molecule has 3 rings (SSSR count). The number of amides is 2. The van der Waals surface area contributed by atoms with Crippen molar-refractivity contribution < 1.29 is 4.79 Å². The van der Waals surface area contributed by atoms with Crippen LogP contribution < -0.4 is 10.6 Å². The third-order valence-electron chi connectivity index (χ3n) is 4.75. The number of nitrogens with zero attached hydrogens (tertiary/aromatic N) is 4. The predicted octanol–water partition coefficient (Wildman–Crippen LogP) is 3.87. The van der Waals surface area contributed by atoms with Gasteiger partial charge in [-0.15, -0.1) is 0 Å². The Hall–Kier alpha value is -2.31. The molecule has 24 heavy (non-hydrogen) atoms. The quantitative estimate of drug-likeness (QED) is 0.893. The van der Waals surface area contributed by atoms with E-state index in [1.54, 1.807) is 6.20 Å². The molecular formula is C17H26N6O. The first-order valence-corrected chi connectivity index (χ1v) is 8.75. The summed E-state index contributed by atoms with van der Waals surface area (Å²) in [4.78, 5) is 12.4. The van der Waals surface area contributed by atoms with E-state index >= 15 is 0 Å². The Balaban J connectivity index is 1.70. The number of carbonyl (C=O) groups is 1. The fourth-order valence-corrected chi connectivity index (χ4v) is 3.48. The summed E-state index contributed by atoms with van der Waals surface area (Å²) in [5.74, 6) is 0.748. The van der Waals surface area contributed by atoms with Gasteiger partial charge in [0.15, 0.2) is 0 Å². The highest BCUT2D eigenvalue weighted by Gasteiger charge is 2.20. The third-order valence-corrected chi connectivity index (χ3v) is 4.75. The van der Waals surface area contributed by atoms with Gasteiger partial charge in [-0.1, -0.05) is 19.3 Å². The van der Waals surface area contributed by atoms with Gasteiger partial charge in [0.05, 0.1) is 29.3 Å². The lowest BCUT2D eigenvalue weighted by atomic mass is 9.96. The van der Waals surface area contributed by atoms with Crippen molar-refractivity contribution in [1.29, 1.82) is 0 Å². The Morgan fingerprint density at radius 3 is 2.67 bits per heavy atom. The minimum atomic E-state index is -0.255. The van der Waals surface area contributed by atoms with Crippen molar-refractivity contribution in [3.63, 3.8) is 0 Å². The lowest BCUT2D eigenvalue weighted by Crippen LogP contribution is -2.24. The highest BCUT2D eigenvalue weighted by atomic mass is 16.2. The second-order valence-electron chi connectivity index (χ2n) is 6.39. The van der Waals surface area contributed by atoms with Crippen molar-refractivity contribution in [2.24, 2.45) is 0 Å². The molecule has 2 aromatic rings. The minimum Gasteiger partial charge on any atom is -0.304 e. The Bertz CT molecular complexity index is 711. The maximum atomic E-state index is 12.4. The number of hydrogen-bond acceptors (Lipinski definition) is 3. The summed E-state index contributed by atoms with van der Waals surface area (Å²) in [5.41, 5.74) is 2.56. The van der Waals surface area contributed by atoms with E-state index < -0.39 is 0 Å². The van der Waals surface area contributed by atoms with Gasteiger partial charge in [-0.05, 0) is 33.6 Å². The van der Waals surface area contributed by atoms with Crippen LogP contribution in [-0.4, -0.2) is 25.6 Å². The summed E-state index contributed by atoms with van der Waals surface area (Å²) in [5, 5.41) is 14.7. The van der Waals surface area contributed by atoms with Crippen LogP contribution in [0.25, 0.3) is 0 Å². The van der Waals surface area contributed by atoms with E-state index in [0.29, 0.717) is 6.04 Å². The molecule has 0 spiro atoms. The highest BCUT2D eigenvalue weighted by Crippen LogP contribution is 2.30. The summed E-state index contributed by atoms with van der Waals surface area (Å²) in [6.07, 6.45) is 7.74. The molecule has 1 saturated carbocycles. The Morgan fingerprint density at radius 2 is 2.00 bits per heavy atom. The normalized spacial score (nSPS) is 15.5. The third kappa shape index (κ3) is 3.29. The van der Waals surface area contributed by atoms with Crippen molar-refractivity contribution in [3.05, 3.63) is 23.7 Å². The van der Waals surface area contributed by atoms with E-state index in [4.69, 9.17) is 0 Å². The van der Waals surface area contributed by atoms with Crippen molar-refractivity contribution in [3.8, 4) is 0 Å². The van der Waals surface area contributed by atoms with Gasteiger partial charge < -0.3 is 5.32 Å². The molecule has 0 bridgehead atoms. The molecule has 130 valence electrons. The number of nitrogens with one attached hydrogen (secondary N) is 2. The van der Waals surface area contributed by atoms with E-state index in [-0.39, 0.29) is 6.03 Å². The molecule has 1 aliphatic rings. The largest absolute Gasteiger partial charge is 0.324 e. The molecule has 1 fully saturated rings. The first kappa shape index (κ1) is 16.5. The van der Waals surface area contributed by atoms with Gasteiger partial charge in [-0.25, -0.2) is 9.48 Å². The van der Waals surface area contributed by atoms with E-state index in [2.05, 4.69) is 20.8 Å². The molecule has 2 heterocycles. The van der Waals surface area contributed by atoms with Gasteiger partial charge in [0.2, 0.25) is 0 Å². The standard InChI is InChI=1S/C17H26N6O/c1-4-22-13(3)16(12(2)21-22)20-17(24)19-15-10-11-18-23(15)14-8-6-5-7-9-14/h10-11,14H,4-9H2,1-3H3,(H2,19,20,24). The maximum Gasteiger partial charge on any atom is 0.324 e. The SMILES string of the molecule is CCn1nc(C)c(NC(=O)Nc2ccnn2C2CCCCC2)c1C. The van der Waals surface area contributed by atoms with Crippen LogP contribution in [0.2, 0.25) is 0 Å². The molecule has 0 saturated heterocycles. The fourth-order valence-electron chi connectivity index (χ4n) is 3.48. The Kier molecular flexibility index (Phi) is 4.87. The van der Waals surface area contributed by atoms with Crippen molar-refractivity contribution in [1.82, 2.24) is 19.6 Å². The van der Waals surface area contributed by atoms with Crippen LogP contribution >= 0.6 is 0 Å².